The molecule has 0 bridgehead atoms. The molecular formula is C30H19Cl3IN5O2. The zero-order chi connectivity index (χ0) is 28.5. The Bertz CT molecular complexity index is 1940. The minimum Gasteiger partial charge on any atom is -0.419 e. The molecule has 204 valence electrons. The highest BCUT2D eigenvalue weighted by Gasteiger charge is 2.18. The Hall–Kier alpha value is -3.44. The van der Waals surface area contributed by atoms with Gasteiger partial charge in [0.15, 0.2) is 0 Å². The van der Waals surface area contributed by atoms with Gasteiger partial charge in [0.25, 0.3) is 5.56 Å². The first kappa shape index (κ1) is 27.7. The third kappa shape index (κ3) is 5.97. The van der Waals surface area contributed by atoms with Crippen LogP contribution in [-0.2, 0) is 13.0 Å². The average Bonchev–Trinajstić information content (AvgIpc) is 3.43. The number of nitrogens with one attached hydrogen (secondary N) is 1. The Morgan fingerprint density at radius 2 is 1.63 bits per heavy atom. The zero-order valence-electron chi connectivity index (χ0n) is 21.1. The van der Waals surface area contributed by atoms with Crippen molar-refractivity contribution >= 4 is 79.7 Å². The molecule has 0 unspecified atom stereocenters. The van der Waals surface area contributed by atoms with E-state index in [1.807, 2.05) is 42.5 Å². The SMILES string of the molecule is O=c1c2cc(I)ccc2nc(Cc2ccccc2Nc2c(Cl)cccc2Cl)n1Cc1nnc(-c2ccc(Cl)cc2)o1. The zero-order valence-corrected chi connectivity index (χ0v) is 25.5. The summed E-state index contributed by atoms with van der Waals surface area (Å²) in [6.07, 6.45) is 0.334. The van der Waals surface area contributed by atoms with E-state index in [1.165, 1.54) is 0 Å². The lowest BCUT2D eigenvalue weighted by atomic mass is 10.1. The van der Waals surface area contributed by atoms with Crippen LogP contribution >= 0.6 is 57.4 Å². The van der Waals surface area contributed by atoms with Gasteiger partial charge < -0.3 is 9.73 Å². The van der Waals surface area contributed by atoms with Crippen molar-refractivity contribution in [2.45, 2.75) is 13.0 Å². The smallest absolute Gasteiger partial charge is 0.261 e. The molecule has 0 fully saturated rings. The fraction of sp³-hybridized carbons (Fsp3) is 0.0667. The molecule has 4 aromatic carbocycles. The number of halogens is 4. The van der Waals surface area contributed by atoms with Crippen LogP contribution in [0.5, 0.6) is 0 Å². The van der Waals surface area contributed by atoms with E-state index in [9.17, 15) is 4.79 Å². The molecule has 2 heterocycles. The summed E-state index contributed by atoms with van der Waals surface area (Å²) in [5.41, 5.74) is 3.41. The molecular weight excluding hydrogens is 696 g/mol. The molecule has 11 heteroatoms. The average molecular weight is 715 g/mol. The summed E-state index contributed by atoms with van der Waals surface area (Å²) in [7, 11) is 0. The third-order valence-electron chi connectivity index (χ3n) is 6.43. The molecule has 0 spiro atoms. The lowest BCUT2D eigenvalue weighted by molar-refractivity contribution is 0.478. The number of fused-ring (bicyclic) bond motifs is 1. The molecule has 0 saturated heterocycles. The Balaban J connectivity index is 1.41. The maximum atomic E-state index is 13.8. The van der Waals surface area contributed by atoms with Crippen molar-refractivity contribution in [3.8, 4) is 11.5 Å². The highest BCUT2D eigenvalue weighted by atomic mass is 127. The Labute approximate surface area is 263 Å². The van der Waals surface area contributed by atoms with Gasteiger partial charge in [0.2, 0.25) is 11.8 Å². The molecule has 41 heavy (non-hydrogen) atoms. The fourth-order valence-electron chi connectivity index (χ4n) is 4.42. The van der Waals surface area contributed by atoms with Crippen molar-refractivity contribution in [2.24, 2.45) is 0 Å². The Kier molecular flexibility index (Phi) is 7.99. The van der Waals surface area contributed by atoms with Crippen LogP contribution in [0.3, 0.4) is 0 Å². The second-order valence-corrected chi connectivity index (χ2v) is 11.6. The predicted molar refractivity (Wildman–Crippen MR) is 172 cm³/mol. The standard InChI is InChI=1S/C30H19Cl3IN5O2/c31-19-10-8-17(9-11-19)29-38-37-27(41-29)16-39-26(35-25-13-12-20(34)15-21(25)30(39)40)14-18-4-1-2-7-24(18)36-28-22(32)5-3-6-23(28)33/h1-13,15,36H,14,16H2. The van der Waals surface area contributed by atoms with Crippen LogP contribution in [0.2, 0.25) is 15.1 Å². The van der Waals surface area contributed by atoms with Gasteiger partial charge in [0.05, 0.1) is 26.6 Å². The van der Waals surface area contributed by atoms with Gasteiger partial charge in [-0.1, -0.05) is 59.1 Å². The summed E-state index contributed by atoms with van der Waals surface area (Å²) >= 11 is 21.0. The van der Waals surface area contributed by atoms with E-state index < -0.39 is 0 Å². The number of para-hydroxylation sites is 2. The van der Waals surface area contributed by atoms with Crippen LogP contribution in [-0.4, -0.2) is 19.7 Å². The van der Waals surface area contributed by atoms with Crippen molar-refractivity contribution in [2.75, 3.05) is 5.32 Å². The van der Waals surface area contributed by atoms with E-state index in [1.54, 1.807) is 47.0 Å². The number of benzene rings is 4. The summed E-state index contributed by atoms with van der Waals surface area (Å²) in [5, 5.41) is 13.8. The molecule has 7 nitrogen and oxygen atoms in total. The van der Waals surface area contributed by atoms with E-state index in [0.717, 1.165) is 20.4 Å². The van der Waals surface area contributed by atoms with Crippen LogP contribution in [0.4, 0.5) is 11.4 Å². The molecule has 0 atom stereocenters. The van der Waals surface area contributed by atoms with Gasteiger partial charge in [-0.3, -0.25) is 9.36 Å². The molecule has 1 N–H and O–H groups in total. The Morgan fingerprint density at radius 1 is 0.878 bits per heavy atom. The number of hydrogen-bond acceptors (Lipinski definition) is 6. The summed E-state index contributed by atoms with van der Waals surface area (Å²) in [5.74, 6) is 1.15. The van der Waals surface area contributed by atoms with Gasteiger partial charge in [-0.05, 0) is 88.8 Å². The third-order valence-corrected chi connectivity index (χ3v) is 7.99. The molecule has 6 rings (SSSR count). The molecule has 2 aromatic heterocycles. The second-order valence-electron chi connectivity index (χ2n) is 9.14. The minimum absolute atomic E-state index is 0.0507. The number of nitrogens with zero attached hydrogens (tertiary/aromatic N) is 4. The largest absolute Gasteiger partial charge is 0.419 e. The number of aromatic nitrogens is 4. The van der Waals surface area contributed by atoms with Crippen molar-refractivity contribution < 1.29 is 4.42 Å². The highest BCUT2D eigenvalue weighted by molar-refractivity contribution is 14.1. The Morgan fingerprint density at radius 3 is 2.41 bits per heavy atom. The quantitative estimate of drug-likeness (QED) is 0.167. The first-order valence-electron chi connectivity index (χ1n) is 12.4. The summed E-state index contributed by atoms with van der Waals surface area (Å²) in [4.78, 5) is 18.7. The topological polar surface area (TPSA) is 85.8 Å². The van der Waals surface area contributed by atoms with Crippen LogP contribution in [0.1, 0.15) is 17.3 Å². The van der Waals surface area contributed by atoms with Crippen LogP contribution in [0, 0.1) is 3.57 Å². The number of hydrogen-bond donors (Lipinski definition) is 1. The number of anilines is 2. The first-order valence-corrected chi connectivity index (χ1v) is 14.6. The molecule has 0 aliphatic rings. The van der Waals surface area contributed by atoms with Crippen molar-refractivity contribution in [3.63, 3.8) is 0 Å². The molecule has 0 saturated carbocycles. The predicted octanol–water partition coefficient (Wildman–Crippen LogP) is 8.39. The molecule has 6 aromatic rings. The van der Waals surface area contributed by atoms with Gasteiger partial charge in [-0.2, -0.15) is 0 Å². The normalized spacial score (nSPS) is 11.2. The van der Waals surface area contributed by atoms with Crippen molar-refractivity contribution in [1.82, 2.24) is 19.7 Å². The molecule has 0 amide bonds. The van der Waals surface area contributed by atoms with E-state index in [0.29, 0.717) is 49.8 Å². The minimum atomic E-state index is -0.200. The summed E-state index contributed by atoms with van der Waals surface area (Å²) in [6.45, 7) is 0.0507. The van der Waals surface area contributed by atoms with Gasteiger partial charge in [-0.15, -0.1) is 10.2 Å². The van der Waals surface area contributed by atoms with E-state index in [-0.39, 0.29) is 18.0 Å². The van der Waals surface area contributed by atoms with Crippen molar-refractivity contribution in [3.05, 3.63) is 131 Å². The van der Waals surface area contributed by atoms with Crippen LogP contribution in [0.25, 0.3) is 22.4 Å². The first-order chi connectivity index (χ1) is 19.9. The maximum Gasteiger partial charge on any atom is 0.261 e. The van der Waals surface area contributed by atoms with Gasteiger partial charge >= 0.3 is 0 Å². The van der Waals surface area contributed by atoms with E-state index in [4.69, 9.17) is 44.2 Å². The van der Waals surface area contributed by atoms with Gasteiger partial charge in [0, 0.05) is 26.3 Å². The summed E-state index contributed by atoms with van der Waals surface area (Å²) in [6, 6.07) is 25.8. The lowest BCUT2D eigenvalue weighted by Gasteiger charge is -2.16. The maximum absolute atomic E-state index is 13.8. The second kappa shape index (κ2) is 11.8. The van der Waals surface area contributed by atoms with E-state index >= 15 is 0 Å². The number of rotatable bonds is 7. The molecule has 0 radical (unpaired) electrons. The lowest BCUT2D eigenvalue weighted by Crippen LogP contribution is -2.26. The van der Waals surface area contributed by atoms with Crippen LogP contribution < -0.4 is 10.9 Å². The van der Waals surface area contributed by atoms with E-state index in [2.05, 4.69) is 38.1 Å². The fourth-order valence-corrected chi connectivity index (χ4v) is 5.53. The monoisotopic (exact) mass is 713 g/mol. The molecule has 0 aliphatic carbocycles. The van der Waals surface area contributed by atoms with Gasteiger partial charge in [0.1, 0.15) is 12.4 Å². The molecule has 0 aliphatic heterocycles. The summed E-state index contributed by atoms with van der Waals surface area (Å²) < 4.78 is 8.46. The highest BCUT2D eigenvalue weighted by Crippen LogP contribution is 2.34. The van der Waals surface area contributed by atoms with Crippen LogP contribution in [0.15, 0.2) is 94.1 Å². The van der Waals surface area contributed by atoms with Crippen molar-refractivity contribution in [1.29, 1.82) is 0 Å². The van der Waals surface area contributed by atoms with Gasteiger partial charge in [-0.25, -0.2) is 4.98 Å².